The van der Waals surface area contributed by atoms with Gasteiger partial charge in [0.15, 0.2) is 57.4 Å². The first-order valence-corrected chi connectivity index (χ1v) is 27.0. The van der Waals surface area contributed by atoms with Crippen LogP contribution < -0.4 is 10.6 Å². The van der Waals surface area contributed by atoms with Crippen molar-refractivity contribution in [3.63, 3.8) is 0 Å². The fourth-order valence-corrected chi connectivity index (χ4v) is 12.4. The molecule has 30 nitrogen and oxygen atoms in total. The van der Waals surface area contributed by atoms with E-state index in [1.165, 1.54) is 6.92 Å². The summed E-state index contributed by atoms with van der Waals surface area (Å²) in [5.41, 5.74) is -1.11. The Kier molecular flexibility index (Phi) is 16.7. The van der Waals surface area contributed by atoms with Gasteiger partial charge < -0.3 is 72.3 Å². The Labute approximate surface area is 456 Å². The maximum Gasteiger partial charge on any atom is 0.600 e. The predicted octanol–water partition coefficient (Wildman–Crippen LogP) is -2.33. The van der Waals surface area contributed by atoms with Crippen LogP contribution in [-0.2, 0) is 119 Å². The quantitative estimate of drug-likeness (QED) is 0.0301. The lowest BCUT2D eigenvalue weighted by Crippen LogP contribution is -2.59. The van der Waals surface area contributed by atoms with Gasteiger partial charge in [0.2, 0.25) is 11.8 Å². The number of hydrogen-bond acceptors (Lipinski definition) is 25. The molecule has 0 radical (unpaired) electrons. The third-order valence-corrected chi connectivity index (χ3v) is 16.1. The van der Waals surface area contributed by atoms with E-state index in [1.807, 2.05) is 0 Å². The Balaban J connectivity index is 0.700. The molecule has 9 aliphatic heterocycles. The van der Waals surface area contributed by atoms with Crippen LogP contribution in [0.3, 0.4) is 0 Å². The zero-order valence-electron chi connectivity index (χ0n) is 44.3. The molecule has 3 unspecified atom stereocenters. The number of ether oxygens (including phenoxy) is 12. The second-order valence-electron chi connectivity index (χ2n) is 21.9. The van der Waals surface area contributed by atoms with Gasteiger partial charge in [-0.05, 0) is 45.4 Å². The number of nitrogens with one attached hydrogen (secondary N) is 2. The van der Waals surface area contributed by atoms with Crippen molar-refractivity contribution in [3.8, 4) is 0 Å². The first kappa shape index (κ1) is 57.9. The summed E-state index contributed by atoms with van der Waals surface area (Å²) < 4.78 is 63.4. The number of quaternary nitrogens is 3. The molecule has 0 spiro atoms. The number of nitrogens with zero attached hydrogens (tertiary/aromatic N) is 3. The lowest BCUT2D eigenvalue weighted by molar-refractivity contribution is -1.00. The van der Waals surface area contributed by atoms with Crippen LogP contribution in [0.1, 0.15) is 103 Å². The van der Waals surface area contributed by atoms with E-state index in [1.54, 1.807) is 0 Å². The van der Waals surface area contributed by atoms with E-state index in [4.69, 9.17) is 56.8 Å². The number of ketones is 2. The first-order chi connectivity index (χ1) is 38.1. The molecule has 30 heteroatoms. The highest BCUT2D eigenvalue weighted by Crippen LogP contribution is 2.51. The van der Waals surface area contributed by atoms with Crippen molar-refractivity contribution < 1.29 is 133 Å². The molecule has 80 heavy (non-hydrogen) atoms. The standard InChI is InChI=1S/C50H64N5O25/c1-31(56)21-47(28-69-18-13-32(57)9-3-2-4-10-33-44(66)78-48-53(33,22-38(60)72-48)23-39(61)73-48,29-70-19-14-36(58)51-16-7-5-11-34-45(67)79-49-54(34,24-40(62)74-49)25-41(63)75-49)30-71-20-15-37(59)52-17-8-6-12-35-46(68)80-50-55(35,26-42(64)76-50)27-43(65)77-50/h33-35H,2-30H2,1H3/q+1/p+2. The van der Waals surface area contributed by atoms with Crippen molar-refractivity contribution >= 4 is 77.1 Å². The van der Waals surface area contributed by atoms with Gasteiger partial charge in [0.25, 0.3) is 0 Å². The predicted molar refractivity (Wildman–Crippen MR) is 250 cm³/mol. The molecule has 9 aliphatic rings. The van der Waals surface area contributed by atoms with Gasteiger partial charge >= 0.3 is 72.0 Å². The molecule has 0 aromatic rings. The van der Waals surface area contributed by atoms with E-state index in [0.717, 1.165) is 0 Å². The molecular formula is C50H66N5O25+3. The Bertz CT molecular complexity index is 2260. The molecule has 2 N–H and O–H groups in total. The van der Waals surface area contributed by atoms with Crippen LogP contribution in [0, 0.1) is 5.41 Å². The van der Waals surface area contributed by atoms with E-state index in [9.17, 15) is 62.3 Å². The maximum absolute atomic E-state index is 13.0. The normalized spacial score (nSPS) is 32.7. The first-order valence-electron chi connectivity index (χ1n) is 27.0. The number of Topliss-reactive ketones (excluding diaryl/α,β-unsaturated/α-hetero) is 2. The Morgan fingerprint density at radius 1 is 0.450 bits per heavy atom. The Morgan fingerprint density at radius 2 is 0.775 bits per heavy atom. The monoisotopic (exact) mass is 1140 g/mol. The van der Waals surface area contributed by atoms with Gasteiger partial charge in [-0.15, -0.1) is 0 Å². The highest BCUT2D eigenvalue weighted by Gasteiger charge is 2.85. The van der Waals surface area contributed by atoms with Crippen molar-refractivity contribution in [2.45, 2.75) is 140 Å². The lowest BCUT2D eigenvalue weighted by atomic mass is 9.85. The van der Waals surface area contributed by atoms with Gasteiger partial charge in [0.05, 0.1) is 39.6 Å². The van der Waals surface area contributed by atoms with Crippen molar-refractivity contribution in [1.29, 1.82) is 0 Å². The second-order valence-corrected chi connectivity index (χ2v) is 21.9. The number of carbonyl (C=O) groups is 13. The minimum atomic E-state index is -2.08. The average molecular weight is 1140 g/mol. The number of hydrogen-bond donors (Lipinski definition) is 2. The fourth-order valence-electron chi connectivity index (χ4n) is 12.4. The third-order valence-electron chi connectivity index (χ3n) is 16.1. The molecular weight excluding hydrogens is 1070 g/mol. The van der Waals surface area contributed by atoms with Gasteiger partial charge in [0, 0.05) is 69.9 Å². The van der Waals surface area contributed by atoms with E-state index in [-0.39, 0.29) is 171 Å². The lowest BCUT2D eigenvalue weighted by Gasteiger charge is -2.32. The topological polar surface area (TPSA) is 357 Å². The van der Waals surface area contributed by atoms with E-state index >= 15 is 0 Å². The molecule has 2 amide bonds. The summed E-state index contributed by atoms with van der Waals surface area (Å²) in [5, 5.41) is 5.59. The highest BCUT2D eigenvalue weighted by molar-refractivity contribution is 5.86. The Hall–Kier alpha value is -6.73. The van der Waals surface area contributed by atoms with Gasteiger partial charge in [-0.2, -0.15) is 13.4 Å². The fraction of sp³-hybridized carbons (Fsp3) is 0.740. The maximum atomic E-state index is 13.0. The zero-order valence-corrected chi connectivity index (χ0v) is 44.3. The number of unbranched alkanes of at least 4 members (excludes halogenated alkanes) is 4. The van der Waals surface area contributed by atoms with Crippen molar-refractivity contribution in [2.24, 2.45) is 5.41 Å². The Morgan fingerprint density at radius 3 is 1.11 bits per heavy atom. The molecule has 0 saturated carbocycles. The van der Waals surface area contributed by atoms with Gasteiger partial charge in [-0.25, -0.2) is 43.2 Å². The molecule has 438 valence electrons. The summed E-state index contributed by atoms with van der Waals surface area (Å²) in [6.07, 6.45) is -2.14. The van der Waals surface area contributed by atoms with Crippen molar-refractivity contribution in [1.82, 2.24) is 10.6 Å². The van der Waals surface area contributed by atoms with Crippen LogP contribution in [0.15, 0.2) is 0 Å². The van der Waals surface area contributed by atoms with Crippen LogP contribution in [0.2, 0.25) is 0 Å². The number of carbonyl (C=O) groups excluding carboxylic acids is 13. The van der Waals surface area contributed by atoms with Crippen molar-refractivity contribution in [2.75, 3.05) is 92.0 Å². The van der Waals surface area contributed by atoms with Gasteiger partial charge in [-0.3, -0.25) is 14.4 Å². The van der Waals surface area contributed by atoms with Crippen LogP contribution in [0.5, 0.6) is 0 Å². The number of esters is 9. The summed E-state index contributed by atoms with van der Waals surface area (Å²) in [5.74, 6) is -6.85. The van der Waals surface area contributed by atoms with Gasteiger partial charge in [0.1, 0.15) is 11.6 Å². The summed E-state index contributed by atoms with van der Waals surface area (Å²) in [4.78, 5) is 162. The summed E-state index contributed by atoms with van der Waals surface area (Å²) in [6.45, 7) is -0.0612. The van der Waals surface area contributed by atoms with E-state index < -0.39 is 105 Å². The SMILES string of the molecule is CC(=O)CC(COCCC(=O)CCCCCC1C(=O)OC23OC(=O)C[N+]12CC(=O)O3)(COCCC(=O)NCCCCC1C(=O)OC23OC(=O)C[N+]12CC(=O)O3)COCCC(=O)NCCCCC1C(=O)OC23OC(=O)C[N+]12CC(=O)O3. The van der Waals surface area contributed by atoms with Crippen molar-refractivity contribution in [3.05, 3.63) is 0 Å². The molecule has 9 rings (SSSR count). The second kappa shape index (κ2) is 23.0. The minimum Gasteiger partial charge on any atom is -0.380 e. The van der Waals surface area contributed by atoms with E-state index in [2.05, 4.69) is 10.6 Å². The van der Waals surface area contributed by atoms with Crippen LogP contribution >= 0.6 is 0 Å². The summed E-state index contributed by atoms with van der Waals surface area (Å²) >= 11 is 0. The minimum absolute atomic E-state index is 0.0113. The molecule has 9 fully saturated rings. The summed E-state index contributed by atoms with van der Waals surface area (Å²) in [6, 6.07) is -2.57. The average Bonchev–Trinajstić information content (AvgIpc) is 4.36. The largest absolute Gasteiger partial charge is 0.600 e. The molecule has 0 aliphatic carbocycles. The third kappa shape index (κ3) is 11.1. The van der Waals surface area contributed by atoms with Crippen LogP contribution in [0.4, 0.5) is 0 Å². The molecule has 0 aromatic heterocycles. The number of rotatable bonds is 33. The number of amides is 2. The molecule has 3 atom stereocenters. The molecule has 9 saturated heterocycles. The smallest absolute Gasteiger partial charge is 0.380 e. The zero-order chi connectivity index (χ0) is 57.1. The summed E-state index contributed by atoms with van der Waals surface area (Å²) in [7, 11) is 0. The molecule has 9 heterocycles. The van der Waals surface area contributed by atoms with Gasteiger partial charge in [-0.1, -0.05) is 6.42 Å². The molecule has 0 aromatic carbocycles. The van der Waals surface area contributed by atoms with Crippen LogP contribution in [-0.4, -0.2) is 219 Å². The molecule has 0 bridgehead atoms. The van der Waals surface area contributed by atoms with E-state index in [0.29, 0.717) is 44.9 Å². The highest BCUT2D eigenvalue weighted by atomic mass is 17.0. The van der Waals surface area contributed by atoms with Crippen LogP contribution in [0.25, 0.3) is 0 Å².